The molecule has 6 nitrogen and oxygen atoms in total. The van der Waals surface area contributed by atoms with E-state index in [1.54, 1.807) is 19.2 Å². The van der Waals surface area contributed by atoms with Crippen LogP contribution in [0.15, 0.2) is 35.5 Å². The smallest absolute Gasteiger partial charge is 0.236 e. The molecule has 0 saturated heterocycles. The summed E-state index contributed by atoms with van der Waals surface area (Å²) in [4.78, 5) is 0. The second-order valence-corrected chi connectivity index (χ2v) is 7.82. The SMILES string of the molecule is CC1CC1C(NS(=O)(=O)c1cnnn1C)c1ccc(Cl)cc1. The first-order valence-corrected chi connectivity index (χ1v) is 8.87. The predicted octanol–water partition coefficient (Wildman–Crippen LogP) is 2.14. The molecule has 118 valence electrons. The van der Waals surface area contributed by atoms with Crippen molar-refractivity contribution in [3.63, 3.8) is 0 Å². The van der Waals surface area contributed by atoms with Crippen LogP contribution in [0, 0.1) is 11.8 Å². The number of nitrogens with zero attached hydrogens (tertiary/aromatic N) is 3. The molecule has 1 aliphatic rings. The van der Waals surface area contributed by atoms with Gasteiger partial charge in [0.05, 0.1) is 12.2 Å². The molecule has 0 amide bonds. The van der Waals surface area contributed by atoms with E-state index >= 15 is 0 Å². The fourth-order valence-corrected chi connectivity index (χ4v) is 4.10. The van der Waals surface area contributed by atoms with Crippen molar-refractivity contribution in [3.05, 3.63) is 41.0 Å². The van der Waals surface area contributed by atoms with Crippen LogP contribution in [0.3, 0.4) is 0 Å². The molecule has 1 aromatic carbocycles. The highest BCUT2D eigenvalue weighted by molar-refractivity contribution is 7.89. The monoisotopic (exact) mass is 340 g/mol. The highest BCUT2D eigenvalue weighted by atomic mass is 35.5. The lowest BCUT2D eigenvalue weighted by atomic mass is 10.0. The lowest BCUT2D eigenvalue weighted by molar-refractivity contribution is 0.505. The first-order valence-electron chi connectivity index (χ1n) is 7.01. The van der Waals surface area contributed by atoms with E-state index in [1.165, 1.54) is 10.9 Å². The molecule has 1 N–H and O–H groups in total. The van der Waals surface area contributed by atoms with Gasteiger partial charge >= 0.3 is 0 Å². The molecule has 2 aromatic rings. The third kappa shape index (κ3) is 3.02. The van der Waals surface area contributed by atoms with Crippen LogP contribution < -0.4 is 4.72 Å². The molecular weight excluding hydrogens is 324 g/mol. The van der Waals surface area contributed by atoms with Gasteiger partial charge in [-0.2, -0.15) is 0 Å². The van der Waals surface area contributed by atoms with Crippen LogP contribution in [0.2, 0.25) is 5.02 Å². The number of benzene rings is 1. The molecule has 1 aliphatic carbocycles. The largest absolute Gasteiger partial charge is 0.259 e. The third-order valence-electron chi connectivity index (χ3n) is 4.06. The average molecular weight is 341 g/mol. The van der Waals surface area contributed by atoms with Gasteiger partial charge in [0.1, 0.15) is 0 Å². The fourth-order valence-electron chi connectivity index (χ4n) is 2.64. The minimum absolute atomic E-state index is 0.0553. The molecule has 3 rings (SSSR count). The highest BCUT2D eigenvalue weighted by Gasteiger charge is 2.42. The molecule has 0 spiro atoms. The summed E-state index contributed by atoms with van der Waals surface area (Å²) < 4.78 is 29.2. The van der Waals surface area contributed by atoms with Crippen LogP contribution in [0.4, 0.5) is 0 Å². The molecule has 3 atom stereocenters. The van der Waals surface area contributed by atoms with Crippen molar-refractivity contribution < 1.29 is 8.42 Å². The first-order chi connectivity index (χ1) is 10.4. The Balaban J connectivity index is 1.91. The van der Waals surface area contributed by atoms with Crippen LogP contribution in [0.5, 0.6) is 0 Å². The summed E-state index contributed by atoms with van der Waals surface area (Å²) in [5.74, 6) is 0.783. The fraction of sp³-hybridized carbons (Fsp3) is 0.429. The topological polar surface area (TPSA) is 76.9 Å². The molecule has 8 heteroatoms. The van der Waals surface area contributed by atoms with Crippen molar-refractivity contribution in [3.8, 4) is 0 Å². The van der Waals surface area contributed by atoms with Gasteiger partial charge in [0.2, 0.25) is 0 Å². The van der Waals surface area contributed by atoms with E-state index in [-0.39, 0.29) is 17.0 Å². The number of hydrogen-bond acceptors (Lipinski definition) is 4. The Hall–Kier alpha value is -1.44. The maximum atomic E-state index is 12.6. The van der Waals surface area contributed by atoms with Gasteiger partial charge in [-0.1, -0.05) is 35.9 Å². The van der Waals surface area contributed by atoms with Crippen LogP contribution in [-0.4, -0.2) is 23.4 Å². The van der Waals surface area contributed by atoms with Gasteiger partial charge in [-0.15, -0.1) is 5.10 Å². The van der Waals surface area contributed by atoms with Crippen molar-refractivity contribution in [1.82, 2.24) is 19.7 Å². The quantitative estimate of drug-likeness (QED) is 0.904. The second-order valence-electron chi connectivity index (χ2n) is 5.72. The molecule has 1 saturated carbocycles. The maximum absolute atomic E-state index is 12.6. The maximum Gasteiger partial charge on any atom is 0.259 e. The number of rotatable bonds is 5. The van der Waals surface area contributed by atoms with E-state index in [9.17, 15) is 8.42 Å². The van der Waals surface area contributed by atoms with Crippen molar-refractivity contribution in [1.29, 1.82) is 0 Å². The van der Waals surface area contributed by atoms with Gasteiger partial charge in [0.25, 0.3) is 10.0 Å². The molecule has 1 heterocycles. The standard InChI is InChI=1S/C14H17ClN4O2S/c1-9-7-12(9)14(10-3-5-11(15)6-4-10)17-22(20,21)13-8-16-18-19(13)2/h3-6,8-9,12,14,17H,7H2,1-2H3. The number of aryl methyl sites for hydroxylation is 1. The molecule has 0 bridgehead atoms. The van der Waals surface area contributed by atoms with Gasteiger partial charge in [0.15, 0.2) is 5.03 Å². The number of sulfonamides is 1. The number of aromatic nitrogens is 3. The highest BCUT2D eigenvalue weighted by Crippen LogP contribution is 2.47. The summed E-state index contributed by atoms with van der Waals surface area (Å²) in [5.41, 5.74) is 0.914. The summed E-state index contributed by atoms with van der Waals surface area (Å²) in [6.45, 7) is 2.12. The molecule has 0 aliphatic heterocycles. The van der Waals surface area contributed by atoms with Crippen molar-refractivity contribution in [2.75, 3.05) is 0 Å². The van der Waals surface area contributed by atoms with Crippen LogP contribution in [0.1, 0.15) is 24.9 Å². The Morgan fingerprint density at radius 1 is 1.36 bits per heavy atom. The van der Waals surface area contributed by atoms with E-state index in [0.717, 1.165) is 12.0 Å². The van der Waals surface area contributed by atoms with Gasteiger partial charge < -0.3 is 0 Å². The zero-order chi connectivity index (χ0) is 15.9. The second kappa shape index (κ2) is 5.64. The lowest BCUT2D eigenvalue weighted by Crippen LogP contribution is -2.31. The summed E-state index contributed by atoms with van der Waals surface area (Å²) in [6.07, 6.45) is 2.25. The number of nitrogens with one attached hydrogen (secondary N) is 1. The lowest BCUT2D eigenvalue weighted by Gasteiger charge is -2.19. The summed E-state index contributed by atoms with van der Waals surface area (Å²) in [6, 6.07) is 7.00. The number of halogens is 1. The van der Waals surface area contributed by atoms with E-state index in [4.69, 9.17) is 11.6 Å². The van der Waals surface area contributed by atoms with Gasteiger partial charge in [-0.05, 0) is 36.0 Å². The molecular formula is C14H17ClN4O2S. The molecule has 1 aromatic heterocycles. The molecule has 3 unspecified atom stereocenters. The minimum Gasteiger partial charge on any atom is -0.236 e. The van der Waals surface area contributed by atoms with Crippen LogP contribution >= 0.6 is 11.6 Å². The minimum atomic E-state index is -3.68. The summed E-state index contributed by atoms with van der Waals surface area (Å²) in [5, 5.41) is 8.00. The zero-order valence-corrected chi connectivity index (χ0v) is 13.8. The molecule has 22 heavy (non-hydrogen) atoms. The van der Waals surface area contributed by atoms with Gasteiger partial charge in [0, 0.05) is 12.1 Å². The Morgan fingerprint density at radius 2 is 2.00 bits per heavy atom. The van der Waals surface area contributed by atoms with Crippen LogP contribution in [-0.2, 0) is 17.1 Å². The third-order valence-corrected chi connectivity index (χ3v) is 5.80. The Labute approximate surface area is 134 Å². The van der Waals surface area contributed by atoms with E-state index < -0.39 is 10.0 Å². The summed E-state index contributed by atoms with van der Waals surface area (Å²) in [7, 11) is -2.12. The zero-order valence-electron chi connectivity index (χ0n) is 12.3. The molecule has 1 fully saturated rings. The number of hydrogen-bond donors (Lipinski definition) is 1. The Kier molecular flexibility index (Phi) is 3.96. The van der Waals surface area contributed by atoms with E-state index in [1.807, 2.05) is 12.1 Å². The predicted molar refractivity (Wildman–Crippen MR) is 82.8 cm³/mol. The van der Waals surface area contributed by atoms with E-state index in [2.05, 4.69) is 22.0 Å². The van der Waals surface area contributed by atoms with Crippen molar-refractivity contribution in [2.45, 2.75) is 24.4 Å². The van der Waals surface area contributed by atoms with Crippen molar-refractivity contribution >= 4 is 21.6 Å². The Morgan fingerprint density at radius 3 is 2.50 bits per heavy atom. The average Bonchev–Trinajstić information content (AvgIpc) is 3.01. The molecule has 0 radical (unpaired) electrons. The summed E-state index contributed by atoms with van der Waals surface area (Å²) >= 11 is 5.92. The van der Waals surface area contributed by atoms with Crippen molar-refractivity contribution in [2.24, 2.45) is 18.9 Å². The normalized spacial score (nSPS) is 22.5. The van der Waals surface area contributed by atoms with Gasteiger partial charge in [-0.3, -0.25) is 0 Å². The van der Waals surface area contributed by atoms with Gasteiger partial charge in [-0.25, -0.2) is 17.8 Å². The Bertz CT molecular complexity index is 772. The van der Waals surface area contributed by atoms with Crippen LogP contribution in [0.25, 0.3) is 0 Å². The van der Waals surface area contributed by atoms with E-state index in [0.29, 0.717) is 10.9 Å². The first kappa shape index (κ1) is 15.5.